The van der Waals surface area contributed by atoms with Gasteiger partial charge in [0.05, 0.1) is 28.9 Å². The predicted molar refractivity (Wildman–Crippen MR) is 176 cm³/mol. The Bertz CT molecular complexity index is 1760. The Kier molecular flexibility index (Phi) is 7.17. The molecule has 3 aromatic rings. The lowest BCUT2D eigenvalue weighted by molar-refractivity contribution is -0.144. The highest BCUT2D eigenvalue weighted by Gasteiger charge is 2.67. The maximum absolute atomic E-state index is 14.4. The first-order valence-electron chi connectivity index (χ1n) is 16.8. The van der Waals surface area contributed by atoms with Gasteiger partial charge >= 0.3 is 0 Å². The summed E-state index contributed by atoms with van der Waals surface area (Å²) >= 11 is 0. The maximum Gasteiger partial charge on any atom is 0.241 e. The molecular weight excluding hydrogens is 590 g/mol. The average Bonchev–Trinajstić information content (AvgIpc) is 3.46. The minimum absolute atomic E-state index is 0.0916. The Labute approximate surface area is 274 Å². The van der Waals surface area contributed by atoms with Gasteiger partial charge in [0, 0.05) is 31.6 Å². The van der Waals surface area contributed by atoms with E-state index in [0.717, 1.165) is 43.6 Å². The predicted octanol–water partition coefficient (Wildman–Crippen LogP) is 5.29. The van der Waals surface area contributed by atoms with E-state index in [0.29, 0.717) is 18.5 Å². The zero-order valence-electron chi connectivity index (χ0n) is 26.5. The van der Waals surface area contributed by atoms with Crippen LogP contribution in [0.25, 0.3) is 0 Å². The van der Waals surface area contributed by atoms with Gasteiger partial charge in [-0.15, -0.1) is 0 Å². The number of amides is 4. The summed E-state index contributed by atoms with van der Waals surface area (Å²) < 4.78 is 0. The SMILES string of the molecule is C[C@@]12C(=O)N(c3ccccc3)C(=O)[C@@H]1C[C@@H]1C(=CC[C@@H]3C(=O)N(C4CCN(Cc5ccccc5)CC4)C(=O)[C@@H]31)[C@@H]2c1ccc(O)cc1. The molecule has 3 aliphatic heterocycles. The zero-order valence-corrected chi connectivity index (χ0v) is 26.5. The van der Waals surface area contributed by atoms with Gasteiger partial charge in [-0.3, -0.25) is 29.0 Å². The number of nitrogens with zero attached hydrogens (tertiary/aromatic N) is 3. The lowest BCUT2D eigenvalue weighted by Gasteiger charge is -2.49. The fraction of sp³-hybridized carbons (Fsp3) is 0.385. The Morgan fingerprint density at radius 2 is 1.45 bits per heavy atom. The first-order chi connectivity index (χ1) is 22.8. The number of carbonyl (C=O) groups excluding carboxylic acids is 4. The number of anilines is 1. The Hall–Kier alpha value is -4.56. The topological polar surface area (TPSA) is 98.2 Å². The molecule has 8 rings (SSSR count). The molecule has 1 N–H and O–H groups in total. The molecule has 2 aliphatic carbocycles. The van der Waals surface area contributed by atoms with Crippen LogP contribution in [-0.2, 0) is 25.7 Å². The first kappa shape index (κ1) is 29.8. The molecule has 3 saturated heterocycles. The summed E-state index contributed by atoms with van der Waals surface area (Å²) in [5.74, 6) is -3.09. The highest BCUT2D eigenvalue weighted by Crippen LogP contribution is 2.63. The van der Waals surface area contributed by atoms with E-state index >= 15 is 0 Å². The molecule has 6 atom stereocenters. The van der Waals surface area contributed by atoms with Crippen molar-refractivity contribution < 1.29 is 24.3 Å². The molecule has 0 radical (unpaired) electrons. The number of benzene rings is 3. The van der Waals surface area contributed by atoms with Gasteiger partial charge in [0.25, 0.3) is 0 Å². The molecule has 3 aromatic carbocycles. The molecule has 8 heteroatoms. The second kappa shape index (κ2) is 11.3. The van der Waals surface area contributed by atoms with E-state index in [1.54, 1.807) is 29.2 Å². The normalized spacial score (nSPS) is 31.1. The number of imide groups is 2. The minimum atomic E-state index is -1.09. The minimum Gasteiger partial charge on any atom is -0.508 e. The summed E-state index contributed by atoms with van der Waals surface area (Å²) in [6.07, 6.45) is 4.35. The van der Waals surface area contributed by atoms with Gasteiger partial charge in [-0.25, -0.2) is 4.90 Å². The van der Waals surface area contributed by atoms with Crippen LogP contribution in [0, 0.1) is 29.1 Å². The Balaban J connectivity index is 1.11. The maximum atomic E-state index is 14.4. The van der Waals surface area contributed by atoms with Crippen molar-refractivity contribution >= 4 is 29.3 Å². The third kappa shape index (κ3) is 4.60. The molecule has 0 spiro atoms. The van der Waals surface area contributed by atoms with E-state index in [2.05, 4.69) is 23.1 Å². The second-order valence-electron chi connectivity index (χ2n) is 14.1. The van der Waals surface area contributed by atoms with Gasteiger partial charge in [0.2, 0.25) is 23.6 Å². The van der Waals surface area contributed by atoms with Gasteiger partial charge in [-0.05, 0) is 73.9 Å². The highest BCUT2D eigenvalue weighted by atomic mass is 16.3. The number of carbonyl (C=O) groups is 4. The number of likely N-dealkylation sites (tertiary alicyclic amines) is 2. The lowest BCUT2D eigenvalue weighted by atomic mass is 9.51. The van der Waals surface area contributed by atoms with E-state index in [9.17, 15) is 24.3 Å². The van der Waals surface area contributed by atoms with E-state index < -0.39 is 29.1 Å². The van der Waals surface area contributed by atoms with Crippen molar-refractivity contribution in [3.8, 4) is 5.75 Å². The van der Waals surface area contributed by atoms with Crippen LogP contribution in [0.2, 0.25) is 0 Å². The number of hydrogen-bond donors (Lipinski definition) is 1. The Morgan fingerprint density at radius 1 is 0.787 bits per heavy atom. The number of phenols is 1. The molecule has 0 bridgehead atoms. The largest absolute Gasteiger partial charge is 0.508 e. The lowest BCUT2D eigenvalue weighted by Crippen LogP contribution is -2.49. The molecule has 0 aromatic heterocycles. The number of fused-ring (bicyclic) bond motifs is 4. The first-order valence-corrected chi connectivity index (χ1v) is 16.8. The summed E-state index contributed by atoms with van der Waals surface area (Å²) in [4.78, 5) is 62.4. The molecule has 8 nitrogen and oxygen atoms in total. The fourth-order valence-corrected chi connectivity index (χ4v) is 9.45. The summed E-state index contributed by atoms with van der Waals surface area (Å²) in [7, 11) is 0. The van der Waals surface area contributed by atoms with Crippen molar-refractivity contribution in [1.29, 1.82) is 0 Å². The van der Waals surface area contributed by atoms with Crippen molar-refractivity contribution in [3.05, 3.63) is 108 Å². The highest BCUT2D eigenvalue weighted by molar-refractivity contribution is 6.24. The van der Waals surface area contributed by atoms with Gasteiger partial charge in [-0.1, -0.05) is 72.3 Å². The number of allylic oxidation sites excluding steroid dienone is 2. The summed E-state index contributed by atoms with van der Waals surface area (Å²) in [5, 5.41) is 10.1. The average molecular weight is 630 g/mol. The number of hydrogen-bond acceptors (Lipinski definition) is 6. The van der Waals surface area contributed by atoms with Gasteiger partial charge < -0.3 is 5.11 Å². The van der Waals surface area contributed by atoms with Crippen molar-refractivity contribution in [2.45, 2.75) is 51.1 Å². The monoisotopic (exact) mass is 629 g/mol. The van der Waals surface area contributed by atoms with Crippen LogP contribution in [0.4, 0.5) is 5.69 Å². The van der Waals surface area contributed by atoms with Crippen LogP contribution in [0.1, 0.15) is 49.7 Å². The van der Waals surface area contributed by atoms with E-state index in [1.165, 1.54) is 10.5 Å². The summed E-state index contributed by atoms with van der Waals surface area (Å²) in [6, 6.07) is 26.1. The fourth-order valence-electron chi connectivity index (χ4n) is 9.45. The van der Waals surface area contributed by atoms with Crippen molar-refractivity contribution in [2.75, 3.05) is 18.0 Å². The molecule has 47 heavy (non-hydrogen) atoms. The molecule has 5 aliphatic rings. The summed E-state index contributed by atoms with van der Waals surface area (Å²) in [6.45, 7) is 4.36. The molecule has 4 amide bonds. The van der Waals surface area contributed by atoms with Gasteiger partial charge in [0.1, 0.15) is 5.75 Å². The number of para-hydroxylation sites is 1. The molecule has 4 fully saturated rings. The molecular formula is C39H39N3O5. The smallest absolute Gasteiger partial charge is 0.241 e. The Morgan fingerprint density at radius 3 is 2.13 bits per heavy atom. The van der Waals surface area contributed by atoms with Crippen molar-refractivity contribution in [2.24, 2.45) is 29.1 Å². The standard InChI is InChI=1S/C39H39N3O5/c1-39-32(36(45)42(38(39)47)26-10-6-3-7-11-26)22-31-29(34(39)25-12-14-28(43)15-13-25)16-17-30-33(31)37(46)41(35(30)44)27-18-20-40(21-19-27)23-24-8-4-2-5-9-24/h2-16,27,30-34,43H,17-23H2,1H3/t30-,31+,32-,33-,34-,39+/m0/s1. The molecule has 1 saturated carbocycles. The number of piperidine rings is 1. The van der Waals surface area contributed by atoms with Crippen LogP contribution in [0.3, 0.4) is 0 Å². The van der Waals surface area contributed by atoms with Crippen LogP contribution >= 0.6 is 0 Å². The zero-order chi connectivity index (χ0) is 32.4. The van der Waals surface area contributed by atoms with E-state index in [1.807, 2.05) is 55.5 Å². The number of rotatable bonds is 5. The van der Waals surface area contributed by atoms with Crippen molar-refractivity contribution in [1.82, 2.24) is 9.80 Å². The number of phenolic OH excluding ortho intramolecular Hbond substituents is 1. The number of aromatic hydroxyl groups is 1. The van der Waals surface area contributed by atoms with Crippen LogP contribution in [-0.4, -0.2) is 57.7 Å². The molecule has 240 valence electrons. The quantitative estimate of drug-likeness (QED) is 0.305. The third-order valence-electron chi connectivity index (χ3n) is 11.7. The second-order valence-corrected chi connectivity index (χ2v) is 14.1. The van der Waals surface area contributed by atoms with Crippen LogP contribution in [0.5, 0.6) is 5.75 Å². The van der Waals surface area contributed by atoms with Crippen molar-refractivity contribution in [3.63, 3.8) is 0 Å². The van der Waals surface area contributed by atoms with Crippen LogP contribution in [0.15, 0.2) is 96.6 Å². The summed E-state index contributed by atoms with van der Waals surface area (Å²) in [5.41, 5.74) is 2.49. The van der Waals surface area contributed by atoms with Gasteiger partial charge in [0.15, 0.2) is 0 Å². The van der Waals surface area contributed by atoms with Gasteiger partial charge in [-0.2, -0.15) is 0 Å². The van der Waals surface area contributed by atoms with Crippen LogP contribution < -0.4 is 4.90 Å². The van der Waals surface area contributed by atoms with E-state index in [4.69, 9.17) is 0 Å². The molecule has 3 heterocycles. The third-order valence-corrected chi connectivity index (χ3v) is 11.7. The van der Waals surface area contributed by atoms with E-state index in [-0.39, 0.29) is 41.3 Å². The molecule has 0 unspecified atom stereocenters.